The van der Waals surface area contributed by atoms with Crippen molar-refractivity contribution in [1.82, 2.24) is 5.32 Å². The molecule has 1 heterocycles. The van der Waals surface area contributed by atoms with Gasteiger partial charge in [0.25, 0.3) is 0 Å². The van der Waals surface area contributed by atoms with Gasteiger partial charge in [-0.2, -0.15) is 0 Å². The molecule has 3 heteroatoms. The monoisotopic (exact) mass is 199 g/mol. The fourth-order valence-electron chi connectivity index (χ4n) is 1.15. The fraction of sp³-hybridized carbons (Fsp3) is 0.600. The highest BCUT2D eigenvalue weighted by molar-refractivity contribution is 7.10. The van der Waals surface area contributed by atoms with E-state index in [0.29, 0.717) is 6.04 Å². The van der Waals surface area contributed by atoms with Crippen LogP contribution in [0.1, 0.15) is 31.7 Å². The van der Waals surface area contributed by atoms with Gasteiger partial charge in [-0.1, -0.05) is 6.07 Å². The van der Waals surface area contributed by atoms with Crippen molar-refractivity contribution in [2.75, 3.05) is 0 Å². The summed E-state index contributed by atoms with van der Waals surface area (Å²) in [5, 5.41) is 14.7. The molecule has 0 amide bonds. The summed E-state index contributed by atoms with van der Waals surface area (Å²) in [5.74, 6) is 0. The third-order valence-corrected chi connectivity index (χ3v) is 3.26. The maximum absolute atomic E-state index is 9.31. The number of hydrogen-bond donors (Lipinski definition) is 2. The van der Waals surface area contributed by atoms with Crippen molar-refractivity contribution in [3.63, 3.8) is 0 Å². The average Bonchev–Trinajstić information content (AvgIpc) is 2.55. The van der Waals surface area contributed by atoms with E-state index in [1.807, 2.05) is 13.0 Å². The standard InChI is InChI=1S/C10H17NOS/c1-7(9(3)12)11-8(2)10-5-4-6-13-10/h4-9,11-12H,1-3H3. The molecule has 0 saturated heterocycles. The number of aliphatic hydroxyl groups excluding tert-OH is 1. The molecule has 1 aromatic rings. The third-order valence-electron chi connectivity index (χ3n) is 2.21. The summed E-state index contributed by atoms with van der Waals surface area (Å²) >= 11 is 1.74. The Balaban J connectivity index is 2.46. The van der Waals surface area contributed by atoms with Gasteiger partial charge < -0.3 is 10.4 Å². The second-order valence-corrected chi connectivity index (χ2v) is 4.41. The zero-order valence-corrected chi connectivity index (χ0v) is 9.14. The predicted molar refractivity (Wildman–Crippen MR) is 57.0 cm³/mol. The van der Waals surface area contributed by atoms with Crippen LogP contribution in [0.15, 0.2) is 17.5 Å². The van der Waals surface area contributed by atoms with Crippen molar-refractivity contribution in [3.8, 4) is 0 Å². The molecule has 0 fully saturated rings. The molecule has 0 radical (unpaired) electrons. The largest absolute Gasteiger partial charge is 0.392 e. The first-order chi connectivity index (χ1) is 6.11. The van der Waals surface area contributed by atoms with Crippen LogP contribution in [0.5, 0.6) is 0 Å². The van der Waals surface area contributed by atoms with E-state index >= 15 is 0 Å². The molecule has 1 aromatic heterocycles. The van der Waals surface area contributed by atoms with Gasteiger partial charge in [0.05, 0.1) is 6.10 Å². The minimum absolute atomic E-state index is 0.136. The number of hydrogen-bond acceptors (Lipinski definition) is 3. The zero-order valence-electron chi connectivity index (χ0n) is 8.32. The Morgan fingerprint density at radius 2 is 2.08 bits per heavy atom. The Morgan fingerprint density at radius 3 is 2.54 bits per heavy atom. The SMILES string of the molecule is CC(NC(C)C(C)O)c1cccs1. The minimum atomic E-state index is -0.303. The highest BCUT2D eigenvalue weighted by atomic mass is 32.1. The maximum Gasteiger partial charge on any atom is 0.0662 e. The second-order valence-electron chi connectivity index (χ2n) is 3.43. The average molecular weight is 199 g/mol. The van der Waals surface area contributed by atoms with Gasteiger partial charge in [-0.25, -0.2) is 0 Å². The van der Waals surface area contributed by atoms with Crippen LogP contribution < -0.4 is 5.32 Å². The molecule has 2 N–H and O–H groups in total. The molecule has 0 saturated carbocycles. The van der Waals surface area contributed by atoms with E-state index in [1.54, 1.807) is 18.3 Å². The predicted octanol–water partition coefficient (Wildman–Crippen LogP) is 2.17. The van der Waals surface area contributed by atoms with Crippen LogP contribution >= 0.6 is 11.3 Å². The summed E-state index contributed by atoms with van der Waals surface area (Å²) in [4.78, 5) is 1.31. The van der Waals surface area contributed by atoms with Gasteiger partial charge in [0.1, 0.15) is 0 Å². The zero-order chi connectivity index (χ0) is 9.84. The Bertz CT molecular complexity index is 233. The number of rotatable bonds is 4. The van der Waals surface area contributed by atoms with Crippen LogP contribution in [0.25, 0.3) is 0 Å². The van der Waals surface area contributed by atoms with E-state index in [1.165, 1.54) is 4.88 Å². The Hall–Kier alpha value is -0.380. The summed E-state index contributed by atoms with van der Waals surface area (Å²) in [7, 11) is 0. The first-order valence-corrected chi connectivity index (χ1v) is 5.46. The molecule has 2 nitrogen and oxygen atoms in total. The second kappa shape index (κ2) is 4.74. The number of thiophene rings is 1. The van der Waals surface area contributed by atoms with Crippen LogP contribution in [0.3, 0.4) is 0 Å². The van der Waals surface area contributed by atoms with Gasteiger partial charge in [-0.05, 0) is 32.2 Å². The molecule has 74 valence electrons. The summed E-state index contributed by atoms with van der Waals surface area (Å²) in [6.07, 6.45) is -0.303. The summed E-state index contributed by atoms with van der Waals surface area (Å²) in [6.45, 7) is 5.91. The minimum Gasteiger partial charge on any atom is -0.392 e. The highest BCUT2D eigenvalue weighted by Crippen LogP contribution is 2.18. The molecule has 0 spiro atoms. The fourth-order valence-corrected chi connectivity index (χ4v) is 1.90. The van der Waals surface area contributed by atoms with E-state index in [0.717, 1.165) is 0 Å². The molecule has 0 aliphatic rings. The van der Waals surface area contributed by atoms with E-state index in [9.17, 15) is 5.11 Å². The normalized spacial score (nSPS) is 18.2. The molecular weight excluding hydrogens is 182 g/mol. The molecule has 3 unspecified atom stereocenters. The summed E-state index contributed by atoms with van der Waals surface area (Å²) in [6, 6.07) is 4.61. The van der Waals surface area contributed by atoms with Crippen LogP contribution in [0, 0.1) is 0 Å². The lowest BCUT2D eigenvalue weighted by Gasteiger charge is -2.21. The number of aliphatic hydroxyl groups is 1. The molecule has 0 bridgehead atoms. The van der Waals surface area contributed by atoms with Crippen molar-refractivity contribution in [2.24, 2.45) is 0 Å². The van der Waals surface area contributed by atoms with E-state index in [2.05, 4.69) is 23.7 Å². The lowest BCUT2D eigenvalue weighted by Crippen LogP contribution is -2.36. The molecule has 0 aromatic carbocycles. The van der Waals surface area contributed by atoms with Crippen molar-refractivity contribution >= 4 is 11.3 Å². The summed E-state index contributed by atoms with van der Waals surface area (Å²) < 4.78 is 0. The molecule has 0 aliphatic heterocycles. The van der Waals surface area contributed by atoms with Gasteiger partial charge in [-0.3, -0.25) is 0 Å². The Kier molecular flexibility index (Phi) is 3.90. The topological polar surface area (TPSA) is 32.3 Å². The quantitative estimate of drug-likeness (QED) is 0.779. The van der Waals surface area contributed by atoms with Crippen molar-refractivity contribution in [1.29, 1.82) is 0 Å². The lowest BCUT2D eigenvalue weighted by atomic mass is 10.1. The third kappa shape index (κ3) is 3.10. The van der Waals surface area contributed by atoms with Crippen LogP contribution in [-0.4, -0.2) is 17.3 Å². The van der Waals surface area contributed by atoms with Gasteiger partial charge >= 0.3 is 0 Å². The van der Waals surface area contributed by atoms with Crippen molar-refractivity contribution < 1.29 is 5.11 Å². The first-order valence-electron chi connectivity index (χ1n) is 4.58. The van der Waals surface area contributed by atoms with Crippen LogP contribution in [0.4, 0.5) is 0 Å². The van der Waals surface area contributed by atoms with E-state index in [-0.39, 0.29) is 12.1 Å². The molecule has 0 aliphatic carbocycles. The molecule has 13 heavy (non-hydrogen) atoms. The van der Waals surface area contributed by atoms with Gasteiger partial charge in [-0.15, -0.1) is 11.3 Å². The first kappa shape index (κ1) is 10.7. The van der Waals surface area contributed by atoms with Crippen molar-refractivity contribution in [2.45, 2.75) is 39.0 Å². The Labute approximate surface area is 83.6 Å². The van der Waals surface area contributed by atoms with Crippen molar-refractivity contribution in [3.05, 3.63) is 22.4 Å². The Morgan fingerprint density at radius 1 is 1.38 bits per heavy atom. The highest BCUT2D eigenvalue weighted by Gasteiger charge is 2.13. The lowest BCUT2D eigenvalue weighted by molar-refractivity contribution is 0.147. The maximum atomic E-state index is 9.31. The van der Waals surface area contributed by atoms with Crippen LogP contribution in [0.2, 0.25) is 0 Å². The van der Waals surface area contributed by atoms with E-state index in [4.69, 9.17) is 0 Å². The molecular formula is C10H17NOS. The number of nitrogens with one attached hydrogen (secondary N) is 1. The van der Waals surface area contributed by atoms with Gasteiger partial charge in [0, 0.05) is 17.0 Å². The van der Waals surface area contributed by atoms with E-state index < -0.39 is 0 Å². The summed E-state index contributed by atoms with van der Waals surface area (Å²) in [5.41, 5.74) is 0. The smallest absolute Gasteiger partial charge is 0.0662 e. The molecule has 1 rings (SSSR count). The van der Waals surface area contributed by atoms with Crippen LogP contribution in [-0.2, 0) is 0 Å². The molecule has 3 atom stereocenters. The van der Waals surface area contributed by atoms with Gasteiger partial charge in [0.2, 0.25) is 0 Å². The van der Waals surface area contributed by atoms with Gasteiger partial charge in [0.15, 0.2) is 0 Å².